The number of hydrogen-bond acceptors (Lipinski definition) is 1. The number of hydrogen-bond donors (Lipinski definition) is 1. The highest BCUT2D eigenvalue weighted by Crippen LogP contribution is 2.05. The molecule has 0 heterocycles. The summed E-state index contributed by atoms with van der Waals surface area (Å²) in [5.41, 5.74) is 2.73. The molecule has 0 bridgehead atoms. The summed E-state index contributed by atoms with van der Waals surface area (Å²) in [6, 6.07) is 9.29. The highest BCUT2D eigenvalue weighted by atomic mass is 35.5. The van der Waals surface area contributed by atoms with Crippen molar-refractivity contribution in [1.29, 1.82) is 0 Å². The van der Waals surface area contributed by atoms with Gasteiger partial charge in [-0.05, 0) is 32.9 Å². The molecule has 0 aliphatic rings. The minimum absolute atomic E-state index is 0. The standard InChI is InChI=1S/C11H17N.ClH/c1-9-4-6-11(7-5-9)8-10(2)12-3;/h4-7,10,12H,8H2,1-3H3;1H. The van der Waals surface area contributed by atoms with Crippen molar-refractivity contribution >= 4 is 12.4 Å². The zero-order chi connectivity index (χ0) is 8.97. The van der Waals surface area contributed by atoms with E-state index >= 15 is 0 Å². The SMILES string of the molecule is CNC(C)Cc1ccc(C)cc1.Cl. The molecule has 0 amide bonds. The van der Waals surface area contributed by atoms with E-state index in [0.29, 0.717) is 6.04 Å². The maximum atomic E-state index is 3.23. The van der Waals surface area contributed by atoms with Gasteiger partial charge in [-0.25, -0.2) is 0 Å². The van der Waals surface area contributed by atoms with E-state index in [-0.39, 0.29) is 12.4 Å². The first-order valence-electron chi connectivity index (χ1n) is 4.45. The first-order valence-corrected chi connectivity index (χ1v) is 4.45. The largest absolute Gasteiger partial charge is 0.317 e. The molecule has 0 saturated carbocycles. The smallest absolute Gasteiger partial charge is 0.00761 e. The number of rotatable bonds is 3. The Balaban J connectivity index is 0.00000144. The van der Waals surface area contributed by atoms with Crippen LogP contribution in [0, 0.1) is 6.92 Å². The lowest BCUT2D eigenvalue weighted by Gasteiger charge is -2.09. The summed E-state index contributed by atoms with van der Waals surface area (Å²) in [5, 5.41) is 3.23. The summed E-state index contributed by atoms with van der Waals surface area (Å²) in [6.07, 6.45) is 1.11. The number of nitrogens with one attached hydrogen (secondary N) is 1. The van der Waals surface area contributed by atoms with Gasteiger partial charge in [-0.3, -0.25) is 0 Å². The lowest BCUT2D eigenvalue weighted by atomic mass is 10.1. The fraction of sp³-hybridized carbons (Fsp3) is 0.455. The van der Waals surface area contributed by atoms with Crippen LogP contribution in [0.1, 0.15) is 18.1 Å². The molecular weight excluding hydrogens is 182 g/mol. The molecule has 0 aliphatic heterocycles. The summed E-state index contributed by atoms with van der Waals surface area (Å²) in [5.74, 6) is 0. The van der Waals surface area contributed by atoms with Crippen molar-refractivity contribution in [1.82, 2.24) is 5.32 Å². The van der Waals surface area contributed by atoms with E-state index in [1.54, 1.807) is 0 Å². The van der Waals surface area contributed by atoms with Crippen LogP contribution in [-0.2, 0) is 6.42 Å². The van der Waals surface area contributed by atoms with Crippen molar-refractivity contribution < 1.29 is 0 Å². The van der Waals surface area contributed by atoms with Gasteiger partial charge in [0.05, 0.1) is 0 Å². The molecule has 1 aromatic carbocycles. The predicted octanol–water partition coefficient (Wildman–Crippen LogP) is 2.57. The van der Waals surface area contributed by atoms with Crippen LogP contribution in [0.3, 0.4) is 0 Å². The molecule has 74 valence electrons. The van der Waals surface area contributed by atoms with Crippen molar-refractivity contribution in [3.63, 3.8) is 0 Å². The van der Waals surface area contributed by atoms with Crippen molar-refractivity contribution in [2.75, 3.05) is 7.05 Å². The summed E-state index contributed by atoms with van der Waals surface area (Å²) >= 11 is 0. The molecule has 1 aromatic rings. The number of aryl methyl sites for hydroxylation is 1. The molecule has 0 radical (unpaired) electrons. The molecule has 0 saturated heterocycles. The summed E-state index contributed by atoms with van der Waals surface area (Å²) in [7, 11) is 2.00. The lowest BCUT2D eigenvalue weighted by Crippen LogP contribution is -2.23. The maximum absolute atomic E-state index is 3.23. The molecule has 1 nitrogen and oxygen atoms in total. The highest BCUT2D eigenvalue weighted by molar-refractivity contribution is 5.85. The highest BCUT2D eigenvalue weighted by Gasteiger charge is 1.98. The summed E-state index contributed by atoms with van der Waals surface area (Å²) in [6.45, 7) is 4.31. The van der Waals surface area contributed by atoms with E-state index < -0.39 is 0 Å². The number of likely N-dealkylation sites (N-methyl/N-ethyl adjacent to an activating group) is 1. The normalized spacial score (nSPS) is 11.9. The van der Waals surface area contributed by atoms with Gasteiger partial charge in [0.2, 0.25) is 0 Å². The van der Waals surface area contributed by atoms with E-state index in [0.717, 1.165) is 6.42 Å². The molecule has 0 fully saturated rings. The van der Waals surface area contributed by atoms with E-state index in [2.05, 4.69) is 43.4 Å². The Morgan fingerprint density at radius 1 is 1.23 bits per heavy atom. The van der Waals surface area contributed by atoms with E-state index in [9.17, 15) is 0 Å². The second-order valence-electron chi connectivity index (χ2n) is 3.38. The Morgan fingerprint density at radius 2 is 1.77 bits per heavy atom. The fourth-order valence-corrected chi connectivity index (χ4v) is 1.18. The first kappa shape index (κ1) is 12.5. The van der Waals surface area contributed by atoms with E-state index in [1.807, 2.05) is 7.05 Å². The molecular formula is C11H18ClN. The van der Waals surface area contributed by atoms with Crippen LogP contribution in [0.2, 0.25) is 0 Å². The van der Waals surface area contributed by atoms with Gasteiger partial charge in [0.15, 0.2) is 0 Å². The number of benzene rings is 1. The van der Waals surface area contributed by atoms with Crippen LogP contribution in [0.25, 0.3) is 0 Å². The van der Waals surface area contributed by atoms with Crippen LogP contribution < -0.4 is 5.32 Å². The Hall–Kier alpha value is -0.530. The van der Waals surface area contributed by atoms with Crippen molar-refractivity contribution in [2.45, 2.75) is 26.3 Å². The quantitative estimate of drug-likeness (QED) is 0.789. The molecule has 2 heteroatoms. The van der Waals surface area contributed by atoms with Gasteiger partial charge in [-0.1, -0.05) is 29.8 Å². The molecule has 1 N–H and O–H groups in total. The van der Waals surface area contributed by atoms with Crippen molar-refractivity contribution in [2.24, 2.45) is 0 Å². The van der Waals surface area contributed by atoms with Crippen LogP contribution in [0.5, 0.6) is 0 Å². The lowest BCUT2D eigenvalue weighted by molar-refractivity contribution is 0.608. The zero-order valence-electron chi connectivity index (χ0n) is 8.50. The second-order valence-corrected chi connectivity index (χ2v) is 3.38. The van der Waals surface area contributed by atoms with Gasteiger partial charge < -0.3 is 5.32 Å². The molecule has 1 rings (SSSR count). The Labute approximate surface area is 87.0 Å². The van der Waals surface area contributed by atoms with Crippen LogP contribution in [-0.4, -0.2) is 13.1 Å². The predicted molar refractivity (Wildman–Crippen MR) is 60.7 cm³/mol. The first-order chi connectivity index (χ1) is 5.72. The Bertz CT molecular complexity index is 230. The van der Waals surface area contributed by atoms with E-state index in [1.165, 1.54) is 11.1 Å². The van der Waals surface area contributed by atoms with Gasteiger partial charge >= 0.3 is 0 Å². The molecule has 1 unspecified atom stereocenters. The van der Waals surface area contributed by atoms with Crippen LogP contribution in [0.15, 0.2) is 24.3 Å². The minimum atomic E-state index is 0. The third kappa shape index (κ3) is 4.30. The molecule has 0 aromatic heterocycles. The minimum Gasteiger partial charge on any atom is -0.317 e. The van der Waals surface area contributed by atoms with E-state index in [4.69, 9.17) is 0 Å². The third-order valence-electron chi connectivity index (χ3n) is 2.16. The Kier molecular flexibility index (Phi) is 5.76. The second kappa shape index (κ2) is 6.01. The van der Waals surface area contributed by atoms with Crippen molar-refractivity contribution in [3.8, 4) is 0 Å². The molecule has 0 spiro atoms. The molecule has 1 atom stereocenters. The Morgan fingerprint density at radius 3 is 2.23 bits per heavy atom. The van der Waals surface area contributed by atoms with Crippen LogP contribution >= 0.6 is 12.4 Å². The average molecular weight is 200 g/mol. The monoisotopic (exact) mass is 199 g/mol. The molecule has 0 aliphatic carbocycles. The number of halogens is 1. The van der Waals surface area contributed by atoms with Gasteiger partial charge in [-0.15, -0.1) is 12.4 Å². The van der Waals surface area contributed by atoms with Gasteiger partial charge in [0.25, 0.3) is 0 Å². The van der Waals surface area contributed by atoms with Gasteiger partial charge in [0.1, 0.15) is 0 Å². The summed E-state index contributed by atoms with van der Waals surface area (Å²) in [4.78, 5) is 0. The summed E-state index contributed by atoms with van der Waals surface area (Å²) < 4.78 is 0. The topological polar surface area (TPSA) is 12.0 Å². The van der Waals surface area contributed by atoms with Crippen molar-refractivity contribution in [3.05, 3.63) is 35.4 Å². The van der Waals surface area contributed by atoms with Gasteiger partial charge in [-0.2, -0.15) is 0 Å². The fourth-order valence-electron chi connectivity index (χ4n) is 1.18. The van der Waals surface area contributed by atoms with Crippen LogP contribution in [0.4, 0.5) is 0 Å². The van der Waals surface area contributed by atoms with Gasteiger partial charge in [0, 0.05) is 6.04 Å². The maximum Gasteiger partial charge on any atom is 0.00761 e. The molecule has 13 heavy (non-hydrogen) atoms. The average Bonchev–Trinajstić information content (AvgIpc) is 2.09. The zero-order valence-corrected chi connectivity index (χ0v) is 9.32. The third-order valence-corrected chi connectivity index (χ3v) is 2.16.